The van der Waals surface area contributed by atoms with Gasteiger partial charge in [-0.3, -0.25) is 0 Å². The third-order valence-electron chi connectivity index (χ3n) is 7.68. The van der Waals surface area contributed by atoms with E-state index in [2.05, 4.69) is 43.8 Å². The maximum atomic E-state index is 12.4. The van der Waals surface area contributed by atoms with E-state index in [0.29, 0.717) is 35.4 Å². The Hall–Kier alpha value is -3.76. The first-order valence-electron chi connectivity index (χ1n) is 12.6. The lowest BCUT2D eigenvalue weighted by atomic mass is 10.2. The van der Waals surface area contributed by atoms with Crippen molar-refractivity contribution in [2.75, 3.05) is 36.5 Å². The van der Waals surface area contributed by atoms with Crippen LogP contribution < -0.4 is 22.9 Å². The Labute approximate surface area is 228 Å². The molecule has 212 valence electrons. The largest absolute Gasteiger partial charge is 0.702 e. The molecule has 17 nitrogen and oxygen atoms in total. The van der Waals surface area contributed by atoms with Crippen molar-refractivity contribution in [3.8, 4) is 0 Å². The zero-order valence-corrected chi connectivity index (χ0v) is 22.8. The number of imidazole rings is 2. The Balaban J connectivity index is 0.997. The van der Waals surface area contributed by atoms with Crippen molar-refractivity contribution in [2.24, 2.45) is 11.8 Å². The third kappa shape index (κ3) is 4.86. The van der Waals surface area contributed by atoms with Crippen LogP contribution in [0.2, 0.25) is 0 Å². The molecule has 4 heterocycles. The van der Waals surface area contributed by atoms with E-state index in [0.717, 1.165) is 12.8 Å². The molecule has 4 atom stereocenters. The maximum Gasteiger partial charge on any atom is 0.702 e. The summed E-state index contributed by atoms with van der Waals surface area (Å²) in [6.45, 7) is 4.53. The van der Waals surface area contributed by atoms with Crippen molar-refractivity contribution in [3.05, 3.63) is 12.7 Å². The average molecular weight is 574 g/mol. The summed E-state index contributed by atoms with van der Waals surface area (Å²) in [5.41, 5.74) is 24.2. The second-order valence-electron chi connectivity index (χ2n) is 10.4. The van der Waals surface area contributed by atoms with Crippen LogP contribution in [0.4, 0.5) is 23.5 Å². The normalized spacial score (nSPS) is 26.0. The average Bonchev–Trinajstić information content (AvgIpc) is 3.53. The molecule has 6 rings (SSSR count). The monoisotopic (exact) mass is 573 g/mol. The molecule has 0 saturated heterocycles. The molecule has 4 unspecified atom stereocenters. The van der Waals surface area contributed by atoms with Crippen LogP contribution in [0.15, 0.2) is 12.7 Å². The van der Waals surface area contributed by atoms with Crippen LogP contribution in [0, 0.1) is 11.8 Å². The van der Waals surface area contributed by atoms with Gasteiger partial charge in [0.2, 0.25) is 25.5 Å². The van der Waals surface area contributed by atoms with Gasteiger partial charge in [-0.1, -0.05) is 22.9 Å². The number of fused-ring (bicyclic) bond motifs is 2. The second kappa shape index (κ2) is 9.71. The number of hydrogen-bond donors (Lipinski definition) is 4. The van der Waals surface area contributed by atoms with Crippen LogP contribution in [-0.2, 0) is 36.2 Å². The number of nitrogens with two attached hydrogens (primary N) is 4. The number of ether oxygens (including phenoxy) is 2. The van der Waals surface area contributed by atoms with E-state index in [1.54, 1.807) is 12.7 Å². The Morgan fingerprint density at radius 3 is 1.57 bits per heavy atom. The van der Waals surface area contributed by atoms with Crippen LogP contribution in [0.1, 0.15) is 26.7 Å². The molecule has 0 radical (unpaired) electrons. The van der Waals surface area contributed by atoms with E-state index < -0.39 is 19.5 Å². The maximum absolute atomic E-state index is 12.4. The summed E-state index contributed by atoms with van der Waals surface area (Å²) in [4.78, 5) is 24.9. The van der Waals surface area contributed by atoms with Gasteiger partial charge < -0.3 is 41.5 Å². The van der Waals surface area contributed by atoms with Gasteiger partial charge >= 0.3 is 8.25 Å². The van der Waals surface area contributed by atoms with Crippen molar-refractivity contribution in [1.29, 1.82) is 0 Å². The van der Waals surface area contributed by atoms with Gasteiger partial charge in [0, 0.05) is 4.57 Å². The van der Waals surface area contributed by atoms with Gasteiger partial charge in [0.25, 0.3) is 0 Å². The topological polar surface area (TPSA) is 245 Å². The summed E-state index contributed by atoms with van der Waals surface area (Å²) in [5, 5.41) is 0. The Morgan fingerprint density at radius 2 is 1.20 bits per heavy atom. The quantitative estimate of drug-likeness (QED) is 0.137. The van der Waals surface area contributed by atoms with Crippen LogP contribution in [0.3, 0.4) is 0 Å². The summed E-state index contributed by atoms with van der Waals surface area (Å²) in [5.74, 6) is 1.02. The van der Waals surface area contributed by atoms with Gasteiger partial charge in [0.05, 0.1) is 36.9 Å². The minimum atomic E-state index is -2.48. The summed E-state index contributed by atoms with van der Waals surface area (Å²) < 4.78 is 38.6. The van der Waals surface area contributed by atoms with E-state index in [1.165, 1.54) is 0 Å². The number of rotatable bonds is 12. The predicted molar refractivity (Wildman–Crippen MR) is 143 cm³/mol. The first-order valence-corrected chi connectivity index (χ1v) is 13.7. The molecule has 0 amide bonds. The molecule has 40 heavy (non-hydrogen) atoms. The fraction of sp³-hybridized carbons (Fsp3) is 0.545. The van der Waals surface area contributed by atoms with Crippen molar-refractivity contribution in [2.45, 2.75) is 51.0 Å². The molecule has 4 aromatic heterocycles. The van der Waals surface area contributed by atoms with Crippen molar-refractivity contribution in [1.82, 2.24) is 39.0 Å². The van der Waals surface area contributed by atoms with Gasteiger partial charge in [-0.2, -0.15) is 19.9 Å². The van der Waals surface area contributed by atoms with Gasteiger partial charge in [0.15, 0.2) is 22.9 Å². The van der Waals surface area contributed by atoms with Crippen molar-refractivity contribution < 1.29 is 23.1 Å². The van der Waals surface area contributed by atoms with E-state index in [4.69, 9.17) is 41.5 Å². The molecule has 2 aliphatic rings. The molecule has 18 heteroatoms. The minimum Gasteiger partial charge on any atom is -0.382 e. The molecule has 2 aliphatic carbocycles. The van der Waals surface area contributed by atoms with Crippen molar-refractivity contribution >= 4 is 54.1 Å². The van der Waals surface area contributed by atoms with E-state index in [9.17, 15) is 4.57 Å². The zero-order chi connectivity index (χ0) is 28.2. The summed E-state index contributed by atoms with van der Waals surface area (Å²) in [6, 6.07) is 0. The minimum absolute atomic E-state index is 0.0642. The molecule has 2 fully saturated rings. The number of aromatic nitrogens is 8. The molecule has 0 bridgehead atoms. The number of anilines is 4. The lowest BCUT2D eigenvalue weighted by molar-refractivity contribution is -0.0870. The van der Waals surface area contributed by atoms with E-state index >= 15 is 0 Å². The zero-order valence-electron chi connectivity index (χ0n) is 21.9. The van der Waals surface area contributed by atoms with Gasteiger partial charge in [-0.15, -0.1) is 0 Å². The number of hydrogen-bond acceptors (Lipinski definition) is 15. The van der Waals surface area contributed by atoms with Gasteiger partial charge in [0.1, 0.15) is 11.0 Å². The second-order valence-corrected chi connectivity index (χ2v) is 11.3. The summed E-state index contributed by atoms with van der Waals surface area (Å²) in [7, 11) is -2.48. The molecule has 8 N–H and O–H groups in total. The van der Waals surface area contributed by atoms with E-state index in [1.807, 2.05) is 9.13 Å². The Morgan fingerprint density at radius 1 is 0.800 bits per heavy atom. The number of nitrogen functional groups attached to an aromatic ring is 4. The number of nitrogens with zero attached hydrogens (tertiary/aromatic N) is 8. The highest BCUT2D eigenvalue weighted by molar-refractivity contribution is 7.33. The standard InChI is InChI=1S/C22H30N12O5P/c1-11-3-21(11,5-33-7-27-13-15(23)29-19(25)31-17(13)33)36-9-38-40(35)39-10-37-22(4-12(22)2)6-34-8-28-14-16(24)30-20(26)32-18(14)34/h7-8,11-12H,3-6,9-10H2,1-2H3,(H4,23,25,29,31)(H4,24,26,30,32)/q+1. The molecule has 4 aromatic rings. The highest BCUT2D eigenvalue weighted by Gasteiger charge is 2.55. The fourth-order valence-corrected chi connectivity index (χ4v) is 5.39. The molecule has 2 saturated carbocycles. The van der Waals surface area contributed by atoms with Crippen molar-refractivity contribution in [3.63, 3.8) is 0 Å². The summed E-state index contributed by atoms with van der Waals surface area (Å²) in [6.07, 6.45) is 4.78. The fourth-order valence-electron chi connectivity index (χ4n) is 5.04. The van der Waals surface area contributed by atoms with Crippen LogP contribution >= 0.6 is 8.25 Å². The smallest absolute Gasteiger partial charge is 0.382 e. The molecule has 0 aromatic carbocycles. The lowest BCUT2D eigenvalue weighted by Crippen LogP contribution is -2.25. The van der Waals surface area contributed by atoms with Gasteiger partial charge in [-0.05, 0) is 24.7 Å². The van der Waals surface area contributed by atoms with Crippen LogP contribution in [-0.4, -0.2) is 63.8 Å². The van der Waals surface area contributed by atoms with E-state index in [-0.39, 0.29) is 49.0 Å². The third-order valence-corrected chi connectivity index (χ3v) is 8.31. The first-order chi connectivity index (χ1) is 19.1. The molecule has 0 aliphatic heterocycles. The molecular formula is C22H30N12O5P+. The Kier molecular flexibility index (Phi) is 6.42. The predicted octanol–water partition coefficient (Wildman–Crippen LogP) is 1.19. The summed E-state index contributed by atoms with van der Waals surface area (Å²) >= 11 is 0. The van der Waals surface area contributed by atoms with Crippen LogP contribution in [0.25, 0.3) is 22.3 Å². The molecule has 0 spiro atoms. The molecular weight excluding hydrogens is 543 g/mol. The van der Waals surface area contributed by atoms with Crippen LogP contribution in [0.5, 0.6) is 0 Å². The highest BCUT2D eigenvalue weighted by atomic mass is 31.1. The SMILES string of the molecule is CC1CC1(Cn1cnc2c(N)nc(N)nc21)OCO[P+](=O)OCOC1(Cn2cnc3c(N)nc(N)nc32)CC1C. The highest BCUT2D eigenvalue weighted by Crippen LogP contribution is 2.50. The van der Waals surface area contributed by atoms with Gasteiger partial charge in [-0.25, -0.2) is 9.97 Å². The first kappa shape index (κ1) is 26.5. The Bertz CT molecular complexity index is 1500. The lowest BCUT2D eigenvalue weighted by Gasteiger charge is -2.17.